The number of benzene rings is 1. The molecule has 4 unspecified atom stereocenters. The van der Waals surface area contributed by atoms with Gasteiger partial charge in [-0.05, 0) is 37.2 Å². The van der Waals surface area contributed by atoms with E-state index >= 15 is 0 Å². The molecule has 0 saturated heterocycles. The Balaban J connectivity index is 1.37. The molecule has 9 heteroatoms. The Hall–Kier alpha value is -3.01. The van der Waals surface area contributed by atoms with Gasteiger partial charge in [0, 0.05) is 31.6 Å². The maximum atomic E-state index is 12.5. The molecule has 190 valence electrons. The number of hydrogen-bond donors (Lipinski definition) is 6. The van der Waals surface area contributed by atoms with E-state index in [-0.39, 0.29) is 35.7 Å². The summed E-state index contributed by atoms with van der Waals surface area (Å²) < 4.78 is 6.08. The number of rotatable bonds is 14. The first kappa shape index (κ1) is 26.6. The quantitative estimate of drug-likeness (QED) is 0.129. The highest BCUT2D eigenvalue weighted by atomic mass is 16.5. The third kappa shape index (κ3) is 8.31. The van der Waals surface area contributed by atoms with Gasteiger partial charge < -0.3 is 32.2 Å². The normalized spacial score (nSPS) is 20.7. The predicted molar refractivity (Wildman–Crippen MR) is 137 cm³/mol. The Morgan fingerprint density at radius 1 is 1.11 bits per heavy atom. The van der Waals surface area contributed by atoms with E-state index in [2.05, 4.69) is 22.0 Å². The molecule has 0 spiro atoms. The zero-order valence-corrected chi connectivity index (χ0v) is 20.3. The van der Waals surface area contributed by atoms with Crippen LogP contribution in [0.2, 0.25) is 0 Å². The third-order valence-corrected chi connectivity index (χ3v) is 6.43. The summed E-state index contributed by atoms with van der Waals surface area (Å²) in [4.78, 5) is 24.5. The van der Waals surface area contributed by atoms with Crippen molar-refractivity contribution in [1.82, 2.24) is 16.0 Å². The smallest absolute Gasteiger partial charge is 0.237 e. The summed E-state index contributed by atoms with van der Waals surface area (Å²) >= 11 is 0. The van der Waals surface area contributed by atoms with Gasteiger partial charge >= 0.3 is 0 Å². The van der Waals surface area contributed by atoms with Crippen molar-refractivity contribution in [3.63, 3.8) is 0 Å². The molecule has 1 saturated carbocycles. The first-order valence-corrected chi connectivity index (χ1v) is 12.3. The molecule has 0 bridgehead atoms. The highest BCUT2D eigenvalue weighted by Crippen LogP contribution is 2.32. The molecular formula is C26H38N6O3. The summed E-state index contributed by atoms with van der Waals surface area (Å²) in [6.07, 6.45) is 11.3. The minimum absolute atomic E-state index is 0.00935. The lowest BCUT2D eigenvalue weighted by molar-refractivity contribution is -0.123. The fraction of sp³-hybridized carbons (Fsp3) is 0.500. The lowest BCUT2D eigenvalue weighted by Crippen LogP contribution is -2.46. The molecule has 0 aliphatic heterocycles. The number of allylic oxidation sites excluding steroid dienone is 2. The van der Waals surface area contributed by atoms with Gasteiger partial charge in [0.1, 0.15) is 5.84 Å². The molecule has 1 aromatic carbocycles. The van der Waals surface area contributed by atoms with Crippen LogP contribution in [0.25, 0.3) is 0 Å². The van der Waals surface area contributed by atoms with E-state index in [0.717, 1.165) is 24.8 Å². The standard InChI is InChI=1S/C26H38N6O3/c1-30-26(34)23(19-10-11-19)31-14-15-35-22-5-3-2-4-18(22)12-13-32-25(33)21(27)16-17-6-8-20(9-7-17)24(28)29/h2-9,18-19,21-23,31H,10-16,27H2,1H3,(H3,28,29)(H,30,34)(H,32,33). The van der Waals surface area contributed by atoms with E-state index in [1.807, 2.05) is 30.4 Å². The second-order valence-electron chi connectivity index (χ2n) is 9.15. The molecule has 2 aliphatic rings. The van der Waals surface area contributed by atoms with Gasteiger partial charge in [0.25, 0.3) is 0 Å². The van der Waals surface area contributed by atoms with Crippen LogP contribution < -0.4 is 27.4 Å². The molecule has 0 radical (unpaired) electrons. The lowest BCUT2D eigenvalue weighted by atomic mass is 9.94. The van der Waals surface area contributed by atoms with Crippen LogP contribution >= 0.6 is 0 Å². The minimum Gasteiger partial charge on any atom is -0.384 e. The number of amidine groups is 1. The summed E-state index contributed by atoms with van der Waals surface area (Å²) in [7, 11) is 1.66. The van der Waals surface area contributed by atoms with E-state index in [1.165, 1.54) is 0 Å². The van der Waals surface area contributed by atoms with Gasteiger partial charge in [0.05, 0.1) is 24.8 Å². The maximum Gasteiger partial charge on any atom is 0.237 e. The van der Waals surface area contributed by atoms with Crippen molar-refractivity contribution in [2.45, 2.75) is 43.9 Å². The predicted octanol–water partition coefficient (Wildman–Crippen LogP) is 0.588. The number of carbonyl (C=O) groups is 2. The van der Waals surface area contributed by atoms with E-state index in [1.54, 1.807) is 19.2 Å². The zero-order chi connectivity index (χ0) is 25.2. The summed E-state index contributed by atoms with van der Waals surface area (Å²) in [5, 5.41) is 16.4. The fourth-order valence-corrected chi connectivity index (χ4v) is 4.20. The molecule has 4 atom stereocenters. The first-order chi connectivity index (χ1) is 16.9. The zero-order valence-electron chi connectivity index (χ0n) is 20.3. The molecule has 3 rings (SSSR count). The lowest BCUT2D eigenvalue weighted by Gasteiger charge is -2.25. The molecule has 0 aromatic heterocycles. The summed E-state index contributed by atoms with van der Waals surface area (Å²) in [5.74, 6) is 0.421. The van der Waals surface area contributed by atoms with Crippen molar-refractivity contribution >= 4 is 17.6 Å². The van der Waals surface area contributed by atoms with Crippen LogP contribution in [0.1, 0.15) is 30.4 Å². The summed E-state index contributed by atoms with van der Waals surface area (Å²) in [6, 6.07) is 6.38. The fourth-order valence-electron chi connectivity index (χ4n) is 4.20. The van der Waals surface area contributed by atoms with Crippen molar-refractivity contribution < 1.29 is 14.3 Å². The maximum absolute atomic E-state index is 12.5. The first-order valence-electron chi connectivity index (χ1n) is 12.3. The molecule has 8 N–H and O–H groups in total. The van der Waals surface area contributed by atoms with Gasteiger partial charge in [-0.1, -0.05) is 48.6 Å². The van der Waals surface area contributed by atoms with Crippen molar-refractivity contribution in [3.8, 4) is 0 Å². The van der Waals surface area contributed by atoms with Crippen LogP contribution in [-0.2, 0) is 20.7 Å². The van der Waals surface area contributed by atoms with E-state index in [0.29, 0.717) is 37.6 Å². The average Bonchev–Trinajstić information content (AvgIpc) is 3.70. The largest absolute Gasteiger partial charge is 0.384 e. The van der Waals surface area contributed by atoms with Gasteiger partial charge in [-0.25, -0.2) is 0 Å². The summed E-state index contributed by atoms with van der Waals surface area (Å²) in [6.45, 7) is 1.60. The van der Waals surface area contributed by atoms with Crippen LogP contribution in [0.5, 0.6) is 0 Å². The van der Waals surface area contributed by atoms with E-state index in [4.69, 9.17) is 21.6 Å². The second kappa shape index (κ2) is 13.2. The molecule has 35 heavy (non-hydrogen) atoms. The molecule has 2 amide bonds. The van der Waals surface area contributed by atoms with Crippen LogP contribution in [-0.4, -0.2) is 62.6 Å². The van der Waals surface area contributed by atoms with E-state index in [9.17, 15) is 9.59 Å². The van der Waals surface area contributed by atoms with Crippen LogP contribution in [0.4, 0.5) is 0 Å². The molecular weight excluding hydrogens is 444 g/mol. The molecule has 0 heterocycles. The molecule has 9 nitrogen and oxygen atoms in total. The van der Waals surface area contributed by atoms with Crippen molar-refractivity contribution in [3.05, 3.63) is 59.7 Å². The number of nitrogens with two attached hydrogens (primary N) is 2. The van der Waals surface area contributed by atoms with Crippen molar-refractivity contribution in [2.75, 3.05) is 26.7 Å². The minimum atomic E-state index is -0.655. The van der Waals surface area contributed by atoms with Crippen LogP contribution in [0.3, 0.4) is 0 Å². The van der Waals surface area contributed by atoms with E-state index < -0.39 is 6.04 Å². The van der Waals surface area contributed by atoms with Gasteiger partial charge in [-0.2, -0.15) is 0 Å². The Bertz CT molecular complexity index is 926. The average molecular weight is 483 g/mol. The second-order valence-corrected chi connectivity index (χ2v) is 9.15. The number of hydrogen-bond acceptors (Lipinski definition) is 6. The van der Waals surface area contributed by atoms with Gasteiger partial charge in [0.15, 0.2) is 0 Å². The van der Waals surface area contributed by atoms with Gasteiger partial charge in [0.2, 0.25) is 11.8 Å². The Labute approximate surface area is 207 Å². The highest BCUT2D eigenvalue weighted by Gasteiger charge is 2.35. The number of likely N-dealkylation sites (N-methyl/N-ethyl adjacent to an activating group) is 1. The monoisotopic (exact) mass is 482 g/mol. The van der Waals surface area contributed by atoms with Gasteiger partial charge in [-0.15, -0.1) is 0 Å². The number of nitrogens with one attached hydrogen (secondary N) is 4. The molecule has 1 fully saturated rings. The number of ether oxygens (including phenoxy) is 1. The summed E-state index contributed by atoms with van der Waals surface area (Å²) in [5.41, 5.74) is 13.1. The highest BCUT2D eigenvalue weighted by molar-refractivity contribution is 5.94. The SMILES string of the molecule is CNC(=O)C(NCCOC1C=CC=CC1CCNC(=O)C(N)Cc1ccc(C(=N)N)cc1)C1CC1. The molecule has 1 aromatic rings. The van der Waals surface area contributed by atoms with Gasteiger partial charge in [-0.3, -0.25) is 15.0 Å². The topological polar surface area (TPSA) is 155 Å². The number of nitrogen functional groups attached to an aromatic ring is 1. The van der Waals surface area contributed by atoms with Crippen molar-refractivity contribution in [1.29, 1.82) is 5.41 Å². The number of carbonyl (C=O) groups excluding carboxylic acids is 2. The Kier molecular flexibility index (Phi) is 10.0. The number of amides is 2. The van der Waals surface area contributed by atoms with Crippen LogP contribution in [0, 0.1) is 17.2 Å². The Morgan fingerprint density at radius 3 is 2.49 bits per heavy atom. The van der Waals surface area contributed by atoms with Crippen LogP contribution in [0.15, 0.2) is 48.6 Å². The molecule has 2 aliphatic carbocycles. The van der Waals surface area contributed by atoms with Crippen molar-refractivity contribution in [2.24, 2.45) is 23.3 Å². The third-order valence-electron chi connectivity index (χ3n) is 6.43. The Morgan fingerprint density at radius 2 is 1.83 bits per heavy atom.